The van der Waals surface area contributed by atoms with Gasteiger partial charge in [-0.1, -0.05) is 12.8 Å². The number of methoxy groups -OCH3 is 1. The van der Waals surface area contributed by atoms with Crippen LogP contribution in [0.5, 0.6) is 5.88 Å². The Morgan fingerprint density at radius 2 is 2.06 bits per heavy atom. The van der Waals surface area contributed by atoms with Gasteiger partial charge < -0.3 is 15.4 Å². The van der Waals surface area contributed by atoms with E-state index in [4.69, 9.17) is 10.5 Å². The first-order valence-corrected chi connectivity index (χ1v) is 6.50. The lowest BCUT2D eigenvalue weighted by atomic mass is 9.90. The molecule has 2 unspecified atom stereocenters. The van der Waals surface area contributed by atoms with E-state index in [1.807, 2.05) is 13.0 Å². The van der Waals surface area contributed by atoms with Gasteiger partial charge in [0.15, 0.2) is 0 Å². The van der Waals surface area contributed by atoms with E-state index in [0.717, 1.165) is 24.5 Å². The van der Waals surface area contributed by atoms with Crippen LogP contribution in [0.3, 0.4) is 0 Å². The first-order chi connectivity index (χ1) is 8.61. The fourth-order valence-corrected chi connectivity index (χ4v) is 2.60. The van der Waals surface area contributed by atoms with E-state index in [-0.39, 0.29) is 6.04 Å². The van der Waals surface area contributed by atoms with Crippen molar-refractivity contribution in [2.45, 2.75) is 44.7 Å². The smallest absolute Gasteiger partial charge is 0.218 e. The summed E-state index contributed by atoms with van der Waals surface area (Å²) in [7, 11) is 3.68. The second-order valence-electron chi connectivity index (χ2n) is 4.94. The molecule has 0 amide bonds. The van der Waals surface area contributed by atoms with Crippen LogP contribution in [0.2, 0.25) is 0 Å². The fourth-order valence-electron chi connectivity index (χ4n) is 2.60. The van der Waals surface area contributed by atoms with Gasteiger partial charge in [0.2, 0.25) is 5.88 Å². The van der Waals surface area contributed by atoms with Gasteiger partial charge >= 0.3 is 0 Å². The number of aryl methyl sites for hydroxylation is 1. The van der Waals surface area contributed by atoms with Crippen molar-refractivity contribution in [1.29, 1.82) is 0 Å². The number of aromatic nitrogens is 2. The molecule has 0 saturated heterocycles. The number of nitrogens with two attached hydrogens (primary N) is 1. The summed E-state index contributed by atoms with van der Waals surface area (Å²) >= 11 is 0. The van der Waals surface area contributed by atoms with E-state index in [1.54, 1.807) is 7.11 Å². The molecule has 1 aromatic heterocycles. The molecule has 0 aromatic carbocycles. The van der Waals surface area contributed by atoms with Crippen LogP contribution < -0.4 is 15.4 Å². The van der Waals surface area contributed by atoms with Crippen molar-refractivity contribution in [1.82, 2.24) is 9.97 Å². The third-order valence-corrected chi connectivity index (χ3v) is 3.65. The lowest BCUT2D eigenvalue weighted by Crippen LogP contribution is -2.48. The summed E-state index contributed by atoms with van der Waals surface area (Å²) in [5.41, 5.74) is 6.21. The number of ether oxygens (including phenoxy) is 1. The Balaban J connectivity index is 2.21. The first-order valence-electron chi connectivity index (χ1n) is 6.50. The highest BCUT2D eigenvalue weighted by Gasteiger charge is 2.26. The Kier molecular flexibility index (Phi) is 4.01. The summed E-state index contributed by atoms with van der Waals surface area (Å²) in [5.74, 6) is 2.22. The number of hydrogen-bond donors (Lipinski definition) is 1. The normalized spacial score (nSPS) is 23.8. The van der Waals surface area contributed by atoms with E-state index in [0.29, 0.717) is 11.9 Å². The van der Waals surface area contributed by atoms with Gasteiger partial charge in [-0.2, -0.15) is 4.98 Å². The molecule has 5 nitrogen and oxygen atoms in total. The average molecular weight is 250 g/mol. The molecular formula is C13H22N4O. The zero-order valence-corrected chi connectivity index (χ0v) is 11.4. The average Bonchev–Trinajstić information content (AvgIpc) is 2.37. The van der Waals surface area contributed by atoms with E-state index in [9.17, 15) is 0 Å². The zero-order valence-electron chi connectivity index (χ0n) is 11.4. The summed E-state index contributed by atoms with van der Waals surface area (Å²) in [4.78, 5) is 10.8. The Morgan fingerprint density at radius 3 is 2.72 bits per heavy atom. The molecule has 1 heterocycles. The predicted octanol–water partition coefficient (Wildman–Crippen LogP) is 1.50. The monoisotopic (exact) mass is 250 g/mol. The molecule has 1 fully saturated rings. The lowest BCUT2D eigenvalue weighted by molar-refractivity contribution is 0.370. The Morgan fingerprint density at radius 1 is 1.33 bits per heavy atom. The van der Waals surface area contributed by atoms with Crippen LogP contribution in [0, 0.1) is 6.92 Å². The quantitative estimate of drug-likeness (QED) is 0.880. The van der Waals surface area contributed by atoms with Gasteiger partial charge in [0.25, 0.3) is 0 Å². The zero-order chi connectivity index (χ0) is 13.1. The van der Waals surface area contributed by atoms with Gasteiger partial charge in [-0.3, -0.25) is 0 Å². The number of hydrogen-bond acceptors (Lipinski definition) is 5. The molecule has 1 aliphatic carbocycles. The molecule has 1 aliphatic rings. The van der Waals surface area contributed by atoms with Crippen LogP contribution in [-0.2, 0) is 0 Å². The van der Waals surface area contributed by atoms with E-state index < -0.39 is 0 Å². The van der Waals surface area contributed by atoms with Crippen LogP contribution in [0.25, 0.3) is 0 Å². The molecule has 1 aromatic rings. The first kappa shape index (κ1) is 13.1. The summed E-state index contributed by atoms with van der Waals surface area (Å²) in [6, 6.07) is 2.46. The molecule has 0 radical (unpaired) electrons. The second kappa shape index (κ2) is 5.52. The molecule has 5 heteroatoms. The highest BCUT2D eigenvalue weighted by molar-refractivity contribution is 5.42. The molecule has 0 bridgehead atoms. The van der Waals surface area contributed by atoms with Crippen LogP contribution in [0.1, 0.15) is 31.5 Å². The number of rotatable bonds is 3. The van der Waals surface area contributed by atoms with Crippen molar-refractivity contribution in [3.05, 3.63) is 11.9 Å². The van der Waals surface area contributed by atoms with Crippen LogP contribution in [-0.4, -0.2) is 36.2 Å². The maximum absolute atomic E-state index is 6.21. The Hall–Kier alpha value is -1.36. The standard InChI is InChI=1S/C13H22N4O/c1-9-15-12(8-13(16-9)18-3)17(2)11-7-5-4-6-10(11)14/h8,10-11H,4-7,14H2,1-3H3. The van der Waals surface area contributed by atoms with Crippen molar-refractivity contribution in [2.75, 3.05) is 19.1 Å². The summed E-state index contributed by atoms with van der Waals surface area (Å²) < 4.78 is 5.19. The van der Waals surface area contributed by atoms with Crippen molar-refractivity contribution in [3.8, 4) is 5.88 Å². The largest absolute Gasteiger partial charge is 0.481 e. The molecular weight excluding hydrogens is 228 g/mol. The lowest BCUT2D eigenvalue weighted by Gasteiger charge is -2.36. The van der Waals surface area contributed by atoms with Crippen LogP contribution in [0.4, 0.5) is 5.82 Å². The summed E-state index contributed by atoms with van der Waals surface area (Å²) in [6.45, 7) is 1.88. The third kappa shape index (κ3) is 2.72. The topological polar surface area (TPSA) is 64.3 Å². The molecule has 2 rings (SSSR count). The molecule has 1 saturated carbocycles. The molecule has 2 N–H and O–H groups in total. The Labute approximate surface area is 108 Å². The summed E-state index contributed by atoms with van der Waals surface area (Å²) in [5, 5.41) is 0. The van der Waals surface area contributed by atoms with Gasteiger partial charge in [-0.25, -0.2) is 4.98 Å². The highest BCUT2D eigenvalue weighted by atomic mass is 16.5. The maximum Gasteiger partial charge on any atom is 0.218 e. The Bertz CT molecular complexity index is 410. The van der Waals surface area contributed by atoms with Crippen molar-refractivity contribution < 1.29 is 4.74 Å². The van der Waals surface area contributed by atoms with Gasteiger partial charge in [-0.15, -0.1) is 0 Å². The number of nitrogens with zero attached hydrogens (tertiary/aromatic N) is 3. The van der Waals surface area contributed by atoms with Crippen LogP contribution in [0.15, 0.2) is 6.07 Å². The molecule has 0 spiro atoms. The number of likely N-dealkylation sites (N-methyl/N-ethyl adjacent to an activating group) is 1. The minimum atomic E-state index is 0.227. The predicted molar refractivity (Wildman–Crippen MR) is 72.0 cm³/mol. The summed E-state index contributed by atoms with van der Waals surface area (Å²) in [6.07, 6.45) is 4.70. The minimum absolute atomic E-state index is 0.227. The van der Waals surface area contributed by atoms with Gasteiger partial charge in [-0.05, 0) is 19.8 Å². The van der Waals surface area contributed by atoms with E-state index in [1.165, 1.54) is 12.8 Å². The van der Waals surface area contributed by atoms with Crippen molar-refractivity contribution in [2.24, 2.45) is 5.73 Å². The van der Waals surface area contributed by atoms with Gasteiger partial charge in [0.1, 0.15) is 11.6 Å². The van der Waals surface area contributed by atoms with Crippen molar-refractivity contribution >= 4 is 5.82 Å². The SMILES string of the molecule is COc1cc(N(C)C2CCCCC2N)nc(C)n1. The fraction of sp³-hybridized carbons (Fsp3) is 0.692. The highest BCUT2D eigenvalue weighted by Crippen LogP contribution is 2.25. The maximum atomic E-state index is 6.21. The number of anilines is 1. The van der Waals surface area contributed by atoms with E-state index >= 15 is 0 Å². The molecule has 0 aliphatic heterocycles. The molecule has 2 atom stereocenters. The second-order valence-corrected chi connectivity index (χ2v) is 4.94. The van der Waals surface area contributed by atoms with E-state index in [2.05, 4.69) is 21.9 Å². The molecule has 100 valence electrons. The van der Waals surface area contributed by atoms with Gasteiger partial charge in [0, 0.05) is 25.2 Å². The van der Waals surface area contributed by atoms with Gasteiger partial charge in [0.05, 0.1) is 7.11 Å². The third-order valence-electron chi connectivity index (χ3n) is 3.65. The molecule has 18 heavy (non-hydrogen) atoms. The minimum Gasteiger partial charge on any atom is -0.481 e. The van der Waals surface area contributed by atoms with Crippen molar-refractivity contribution in [3.63, 3.8) is 0 Å². The van der Waals surface area contributed by atoms with Crippen LogP contribution >= 0.6 is 0 Å².